The van der Waals surface area contributed by atoms with Gasteiger partial charge in [0.25, 0.3) is 0 Å². The standard InChI is InChI=1S/C23H28N4O/c28-22(21-8-13-25-26-21)27-14-10-23(11-15-27)9-7-18(17-4-3-12-24-16-17)19-5-1-2-6-20(19)23/h1-6,12,16,18,21,25-26H,7-11,13-15H2. The second-order valence-corrected chi connectivity index (χ2v) is 8.48. The highest BCUT2D eigenvalue weighted by molar-refractivity contribution is 5.82. The summed E-state index contributed by atoms with van der Waals surface area (Å²) in [4.78, 5) is 19.2. The number of piperidine rings is 1. The molecule has 2 aliphatic heterocycles. The van der Waals surface area contributed by atoms with E-state index in [2.05, 4.69) is 51.1 Å². The molecular formula is C23H28N4O. The Morgan fingerprint density at radius 1 is 1.07 bits per heavy atom. The summed E-state index contributed by atoms with van der Waals surface area (Å²) in [5.74, 6) is 0.695. The van der Waals surface area contributed by atoms with Crippen LogP contribution in [0.4, 0.5) is 0 Å². The molecule has 1 aromatic carbocycles. The summed E-state index contributed by atoms with van der Waals surface area (Å²) in [7, 11) is 0. The lowest BCUT2D eigenvalue weighted by Crippen LogP contribution is -2.52. The molecule has 5 heteroatoms. The molecule has 1 spiro atoms. The van der Waals surface area contributed by atoms with Crippen molar-refractivity contribution in [1.82, 2.24) is 20.7 Å². The van der Waals surface area contributed by atoms with Crippen LogP contribution in [0.25, 0.3) is 0 Å². The molecule has 28 heavy (non-hydrogen) atoms. The molecule has 2 fully saturated rings. The van der Waals surface area contributed by atoms with Gasteiger partial charge in [-0.3, -0.25) is 15.2 Å². The van der Waals surface area contributed by atoms with E-state index in [0.717, 1.165) is 45.3 Å². The number of hydrogen-bond acceptors (Lipinski definition) is 4. The van der Waals surface area contributed by atoms with Gasteiger partial charge in [0.15, 0.2) is 0 Å². The first-order valence-electron chi connectivity index (χ1n) is 10.5. The van der Waals surface area contributed by atoms with Crippen molar-refractivity contribution in [3.8, 4) is 0 Å². The summed E-state index contributed by atoms with van der Waals surface area (Å²) in [6.07, 6.45) is 9.23. The second-order valence-electron chi connectivity index (χ2n) is 8.48. The largest absolute Gasteiger partial charge is 0.341 e. The van der Waals surface area contributed by atoms with Crippen molar-refractivity contribution in [3.63, 3.8) is 0 Å². The van der Waals surface area contributed by atoms with E-state index in [4.69, 9.17) is 0 Å². The molecule has 2 unspecified atom stereocenters. The Labute approximate surface area is 166 Å². The van der Waals surface area contributed by atoms with Gasteiger partial charge in [0.05, 0.1) is 0 Å². The van der Waals surface area contributed by atoms with Crippen LogP contribution in [0, 0.1) is 0 Å². The first-order valence-corrected chi connectivity index (χ1v) is 10.5. The van der Waals surface area contributed by atoms with Crippen molar-refractivity contribution >= 4 is 5.91 Å². The first kappa shape index (κ1) is 17.8. The van der Waals surface area contributed by atoms with E-state index in [-0.39, 0.29) is 17.4 Å². The summed E-state index contributed by atoms with van der Waals surface area (Å²) in [6, 6.07) is 13.2. The summed E-state index contributed by atoms with van der Waals surface area (Å²) >= 11 is 0. The summed E-state index contributed by atoms with van der Waals surface area (Å²) in [5.41, 5.74) is 10.7. The lowest BCUT2D eigenvalue weighted by atomic mass is 9.61. The highest BCUT2D eigenvalue weighted by Crippen LogP contribution is 2.50. The van der Waals surface area contributed by atoms with Crippen molar-refractivity contribution < 1.29 is 4.79 Å². The maximum absolute atomic E-state index is 12.8. The van der Waals surface area contributed by atoms with Gasteiger partial charge in [0, 0.05) is 37.9 Å². The molecule has 3 heterocycles. The maximum atomic E-state index is 12.8. The fourth-order valence-corrected chi connectivity index (χ4v) is 5.49. The Morgan fingerprint density at radius 3 is 2.68 bits per heavy atom. The number of nitrogens with one attached hydrogen (secondary N) is 2. The molecule has 2 atom stereocenters. The van der Waals surface area contributed by atoms with Crippen LogP contribution in [0.15, 0.2) is 48.8 Å². The SMILES string of the molecule is O=C(C1CCNN1)N1CCC2(CCC(c3cccnc3)c3ccccc32)CC1. The molecule has 5 rings (SSSR count). The minimum atomic E-state index is -0.0531. The normalized spacial score (nSPS) is 26.2. The third-order valence-corrected chi connectivity index (χ3v) is 7.07. The van der Waals surface area contributed by atoms with Crippen molar-refractivity contribution in [1.29, 1.82) is 0 Å². The minimum absolute atomic E-state index is 0.0531. The molecule has 1 aromatic heterocycles. The zero-order valence-corrected chi connectivity index (χ0v) is 16.2. The molecule has 0 bridgehead atoms. The first-order chi connectivity index (χ1) is 13.8. The number of benzene rings is 1. The van der Waals surface area contributed by atoms with E-state index in [9.17, 15) is 4.79 Å². The van der Waals surface area contributed by atoms with Crippen molar-refractivity contribution in [2.45, 2.75) is 49.5 Å². The number of pyridine rings is 1. The number of rotatable bonds is 2. The molecule has 146 valence electrons. The predicted molar refractivity (Wildman–Crippen MR) is 109 cm³/mol. The van der Waals surface area contributed by atoms with Crippen molar-refractivity contribution in [3.05, 3.63) is 65.5 Å². The fraction of sp³-hybridized carbons (Fsp3) is 0.478. The summed E-state index contributed by atoms with van der Waals surface area (Å²) in [6.45, 7) is 2.60. The van der Waals surface area contributed by atoms with E-state index in [1.165, 1.54) is 23.1 Å². The number of hydrogen-bond donors (Lipinski definition) is 2. The van der Waals surface area contributed by atoms with Gasteiger partial charge in [0.2, 0.25) is 5.91 Å². The molecular weight excluding hydrogens is 348 g/mol. The molecule has 0 saturated carbocycles. The number of amides is 1. The molecule has 2 N–H and O–H groups in total. The van der Waals surface area contributed by atoms with Gasteiger partial charge in [-0.1, -0.05) is 30.3 Å². The van der Waals surface area contributed by atoms with Crippen molar-refractivity contribution in [2.24, 2.45) is 0 Å². The maximum Gasteiger partial charge on any atom is 0.241 e. The fourth-order valence-electron chi connectivity index (χ4n) is 5.49. The number of carbonyl (C=O) groups excluding carboxylic acids is 1. The van der Waals surface area contributed by atoms with Crippen molar-refractivity contribution in [2.75, 3.05) is 19.6 Å². The van der Waals surface area contributed by atoms with E-state index in [1.807, 2.05) is 18.5 Å². The topological polar surface area (TPSA) is 57.3 Å². The number of likely N-dealkylation sites (tertiary alicyclic amines) is 1. The second kappa shape index (κ2) is 7.30. The summed E-state index contributed by atoms with van der Waals surface area (Å²) in [5, 5.41) is 0. The van der Waals surface area contributed by atoms with Crippen LogP contribution in [0.2, 0.25) is 0 Å². The third-order valence-electron chi connectivity index (χ3n) is 7.07. The average Bonchev–Trinajstić information content (AvgIpc) is 3.30. The quantitative estimate of drug-likeness (QED) is 0.846. The zero-order valence-electron chi connectivity index (χ0n) is 16.2. The molecule has 2 aromatic rings. The molecule has 1 amide bonds. The lowest BCUT2D eigenvalue weighted by Gasteiger charge is -2.47. The van der Waals surface area contributed by atoms with Gasteiger partial charge in [-0.2, -0.15) is 0 Å². The van der Waals surface area contributed by atoms with Gasteiger partial charge in [-0.15, -0.1) is 0 Å². The van der Waals surface area contributed by atoms with E-state index in [0.29, 0.717) is 5.92 Å². The van der Waals surface area contributed by atoms with Crippen LogP contribution in [0.5, 0.6) is 0 Å². The molecule has 2 saturated heterocycles. The Bertz CT molecular complexity index is 839. The molecule has 1 aliphatic carbocycles. The minimum Gasteiger partial charge on any atom is -0.341 e. The summed E-state index contributed by atoms with van der Waals surface area (Å²) < 4.78 is 0. The van der Waals surface area contributed by atoms with Crippen LogP contribution in [0.1, 0.15) is 54.7 Å². The number of nitrogens with zero attached hydrogens (tertiary/aromatic N) is 2. The third kappa shape index (κ3) is 3.03. The van der Waals surface area contributed by atoms with Gasteiger partial charge in [-0.05, 0) is 60.3 Å². The Kier molecular flexibility index (Phi) is 4.65. The van der Waals surface area contributed by atoms with Gasteiger partial charge < -0.3 is 4.90 Å². The van der Waals surface area contributed by atoms with Crippen LogP contribution < -0.4 is 10.9 Å². The van der Waals surface area contributed by atoms with Crippen LogP contribution >= 0.6 is 0 Å². The van der Waals surface area contributed by atoms with Crippen LogP contribution in [0.3, 0.4) is 0 Å². The average molecular weight is 377 g/mol. The number of hydrazine groups is 1. The van der Waals surface area contributed by atoms with E-state index < -0.39 is 0 Å². The van der Waals surface area contributed by atoms with E-state index >= 15 is 0 Å². The van der Waals surface area contributed by atoms with Gasteiger partial charge in [-0.25, -0.2) is 5.43 Å². The highest BCUT2D eigenvalue weighted by atomic mass is 16.2. The smallest absolute Gasteiger partial charge is 0.241 e. The lowest BCUT2D eigenvalue weighted by molar-refractivity contribution is -0.134. The number of fused-ring (bicyclic) bond motifs is 2. The molecule has 0 radical (unpaired) electrons. The number of aromatic nitrogens is 1. The van der Waals surface area contributed by atoms with Gasteiger partial charge >= 0.3 is 0 Å². The Balaban J connectivity index is 1.38. The Hall–Kier alpha value is -2.24. The van der Waals surface area contributed by atoms with E-state index in [1.54, 1.807) is 0 Å². The molecule has 5 nitrogen and oxygen atoms in total. The highest BCUT2D eigenvalue weighted by Gasteiger charge is 2.43. The number of carbonyl (C=O) groups is 1. The van der Waals surface area contributed by atoms with Crippen LogP contribution in [-0.4, -0.2) is 41.5 Å². The molecule has 3 aliphatic rings. The zero-order chi connectivity index (χ0) is 19.0. The Morgan fingerprint density at radius 2 is 1.93 bits per heavy atom. The predicted octanol–water partition coefficient (Wildman–Crippen LogP) is 2.73. The van der Waals surface area contributed by atoms with Gasteiger partial charge in [0.1, 0.15) is 6.04 Å². The monoisotopic (exact) mass is 376 g/mol. The van der Waals surface area contributed by atoms with Crippen LogP contribution in [-0.2, 0) is 10.2 Å².